The van der Waals surface area contributed by atoms with Crippen LogP contribution in [0.1, 0.15) is 37.8 Å². The van der Waals surface area contributed by atoms with Crippen molar-refractivity contribution in [3.63, 3.8) is 0 Å². The highest BCUT2D eigenvalue weighted by Crippen LogP contribution is 2.49. The first-order valence-corrected chi connectivity index (χ1v) is 10.2. The molecule has 142 valence electrons. The molecule has 1 amide bonds. The minimum Gasteiger partial charge on any atom is -0.352 e. The molecule has 0 aliphatic carbocycles. The van der Waals surface area contributed by atoms with Gasteiger partial charge in [0, 0.05) is 25.9 Å². The number of hydrogen-bond acceptors (Lipinski definition) is 3. The SMILES string of the molecule is Cc1ccc2ccccc2c1CN1CC[C@@]23OC[C@@H](C(C)C)N2C(=O)C[C@@H]13. The van der Waals surface area contributed by atoms with Crippen molar-refractivity contribution >= 4 is 16.7 Å². The number of nitrogens with zero attached hydrogens (tertiary/aromatic N) is 2. The van der Waals surface area contributed by atoms with Crippen molar-refractivity contribution in [1.82, 2.24) is 9.80 Å². The zero-order valence-corrected chi connectivity index (χ0v) is 16.4. The van der Waals surface area contributed by atoms with Crippen molar-refractivity contribution < 1.29 is 9.53 Å². The number of ether oxygens (including phenoxy) is 1. The maximum Gasteiger partial charge on any atom is 0.226 e. The third kappa shape index (κ3) is 2.39. The average Bonchev–Trinajstić information content (AvgIpc) is 3.27. The number of benzene rings is 2. The highest BCUT2D eigenvalue weighted by molar-refractivity contribution is 5.87. The van der Waals surface area contributed by atoms with Crippen LogP contribution in [0.3, 0.4) is 0 Å². The topological polar surface area (TPSA) is 32.8 Å². The summed E-state index contributed by atoms with van der Waals surface area (Å²) in [5.74, 6) is 0.706. The van der Waals surface area contributed by atoms with Crippen LogP contribution in [0.25, 0.3) is 10.8 Å². The van der Waals surface area contributed by atoms with Gasteiger partial charge in [0.05, 0.1) is 18.7 Å². The number of amides is 1. The molecule has 0 saturated carbocycles. The number of rotatable bonds is 3. The molecule has 3 saturated heterocycles. The van der Waals surface area contributed by atoms with E-state index in [2.05, 4.69) is 67.0 Å². The van der Waals surface area contributed by atoms with Crippen LogP contribution < -0.4 is 0 Å². The van der Waals surface area contributed by atoms with E-state index >= 15 is 0 Å². The first-order chi connectivity index (χ1) is 13.0. The summed E-state index contributed by atoms with van der Waals surface area (Å²) in [7, 11) is 0. The first kappa shape index (κ1) is 17.2. The molecule has 3 heterocycles. The molecule has 0 bridgehead atoms. The molecule has 0 aromatic heterocycles. The summed E-state index contributed by atoms with van der Waals surface area (Å²) in [6.07, 6.45) is 1.52. The molecule has 3 aliphatic heterocycles. The molecular weight excluding hydrogens is 336 g/mol. The number of carbonyl (C=O) groups excluding carboxylic acids is 1. The number of aryl methyl sites for hydroxylation is 1. The van der Waals surface area contributed by atoms with Gasteiger partial charge in [-0.15, -0.1) is 0 Å². The molecule has 2 aromatic carbocycles. The smallest absolute Gasteiger partial charge is 0.226 e. The van der Waals surface area contributed by atoms with Crippen molar-refractivity contribution in [1.29, 1.82) is 0 Å². The Labute approximate surface area is 161 Å². The predicted octanol–water partition coefficient (Wildman–Crippen LogP) is 3.71. The second-order valence-electron chi connectivity index (χ2n) is 8.75. The Bertz CT molecular complexity index is 908. The Morgan fingerprint density at radius 1 is 1.22 bits per heavy atom. The molecular formula is C23H28N2O2. The van der Waals surface area contributed by atoms with E-state index in [0.717, 1.165) is 19.5 Å². The van der Waals surface area contributed by atoms with E-state index in [1.165, 1.54) is 21.9 Å². The third-order valence-corrected chi connectivity index (χ3v) is 7.00. The van der Waals surface area contributed by atoms with Gasteiger partial charge < -0.3 is 9.64 Å². The predicted molar refractivity (Wildman–Crippen MR) is 106 cm³/mol. The molecule has 0 radical (unpaired) electrons. The van der Waals surface area contributed by atoms with E-state index < -0.39 is 0 Å². The fraction of sp³-hybridized carbons (Fsp3) is 0.522. The van der Waals surface area contributed by atoms with Crippen LogP contribution >= 0.6 is 0 Å². The summed E-state index contributed by atoms with van der Waals surface area (Å²) < 4.78 is 6.38. The van der Waals surface area contributed by atoms with E-state index in [9.17, 15) is 4.79 Å². The maximum atomic E-state index is 12.9. The number of carbonyl (C=O) groups is 1. The van der Waals surface area contributed by atoms with Crippen LogP contribution in [0.2, 0.25) is 0 Å². The summed E-state index contributed by atoms with van der Waals surface area (Å²) >= 11 is 0. The second-order valence-corrected chi connectivity index (χ2v) is 8.75. The highest BCUT2D eigenvalue weighted by Gasteiger charge is 2.64. The summed E-state index contributed by atoms with van der Waals surface area (Å²) in [5.41, 5.74) is 2.32. The fourth-order valence-electron chi connectivity index (χ4n) is 5.50. The Morgan fingerprint density at radius 3 is 2.85 bits per heavy atom. The van der Waals surface area contributed by atoms with E-state index in [1.807, 2.05) is 0 Å². The normalized spacial score (nSPS) is 30.5. The van der Waals surface area contributed by atoms with Gasteiger partial charge in [-0.2, -0.15) is 0 Å². The third-order valence-electron chi connectivity index (χ3n) is 7.00. The van der Waals surface area contributed by atoms with Crippen molar-refractivity contribution in [2.45, 2.75) is 58.0 Å². The van der Waals surface area contributed by atoms with Crippen LogP contribution in [0.5, 0.6) is 0 Å². The van der Waals surface area contributed by atoms with Crippen LogP contribution in [0.15, 0.2) is 36.4 Å². The Morgan fingerprint density at radius 2 is 2.04 bits per heavy atom. The summed E-state index contributed by atoms with van der Waals surface area (Å²) in [4.78, 5) is 17.5. The van der Waals surface area contributed by atoms with Crippen LogP contribution in [0, 0.1) is 12.8 Å². The van der Waals surface area contributed by atoms with Crippen molar-refractivity contribution in [3.8, 4) is 0 Å². The molecule has 3 aliphatic rings. The zero-order chi connectivity index (χ0) is 18.8. The molecule has 4 heteroatoms. The minimum absolute atomic E-state index is 0.173. The molecule has 3 atom stereocenters. The van der Waals surface area contributed by atoms with Crippen molar-refractivity contribution in [3.05, 3.63) is 47.5 Å². The van der Waals surface area contributed by atoms with Crippen molar-refractivity contribution in [2.24, 2.45) is 5.92 Å². The minimum atomic E-state index is -0.384. The lowest BCUT2D eigenvalue weighted by molar-refractivity contribution is -0.139. The Kier molecular flexibility index (Phi) is 3.85. The molecule has 0 unspecified atom stereocenters. The molecule has 27 heavy (non-hydrogen) atoms. The van der Waals surface area contributed by atoms with Gasteiger partial charge in [0.15, 0.2) is 5.72 Å². The van der Waals surface area contributed by atoms with Gasteiger partial charge in [-0.05, 0) is 34.7 Å². The van der Waals surface area contributed by atoms with Gasteiger partial charge in [0.1, 0.15) is 0 Å². The monoisotopic (exact) mass is 364 g/mol. The molecule has 2 aromatic rings. The average molecular weight is 364 g/mol. The van der Waals surface area contributed by atoms with Gasteiger partial charge in [0.25, 0.3) is 0 Å². The lowest BCUT2D eigenvalue weighted by Crippen LogP contribution is -2.50. The molecule has 5 rings (SSSR count). The quantitative estimate of drug-likeness (QED) is 0.832. The number of fused-ring (bicyclic) bond motifs is 1. The molecule has 1 spiro atoms. The lowest BCUT2D eigenvalue weighted by Gasteiger charge is -2.34. The largest absolute Gasteiger partial charge is 0.352 e. The second kappa shape index (κ2) is 6.05. The lowest BCUT2D eigenvalue weighted by atomic mass is 9.98. The van der Waals surface area contributed by atoms with Gasteiger partial charge >= 0.3 is 0 Å². The Balaban J connectivity index is 1.48. The van der Waals surface area contributed by atoms with Crippen LogP contribution in [0.4, 0.5) is 0 Å². The molecule has 4 nitrogen and oxygen atoms in total. The molecule has 0 N–H and O–H groups in total. The Hall–Kier alpha value is -1.91. The zero-order valence-electron chi connectivity index (χ0n) is 16.4. The van der Waals surface area contributed by atoms with Gasteiger partial charge in [-0.25, -0.2) is 0 Å². The summed E-state index contributed by atoms with van der Waals surface area (Å²) in [5, 5.41) is 2.61. The van der Waals surface area contributed by atoms with Gasteiger partial charge in [0.2, 0.25) is 5.91 Å². The number of likely N-dealkylation sites (tertiary alicyclic amines) is 1. The van der Waals surface area contributed by atoms with E-state index in [-0.39, 0.29) is 23.7 Å². The van der Waals surface area contributed by atoms with Crippen molar-refractivity contribution in [2.75, 3.05) is 13.2 Å². The van der Waals surface area contributed by atoms with E-state index in [4.69, 9.17) is 4.74 Å². The van der Waals surface area contributed by atoms with E-state index in [0.29, 0.717) is 18.9 Å². The standard InChI is InChI=1S/C23H28N2O2/c1-15(2)20-14-27-23-10-11-24(21(23)12-22(26)25(20)23)13-19-16(3)8-9-17-6-4-5-7-18(17)19/h4-9,15,20-21H,10-14H2,1-3H3/t20-,21+,23-/m0/s1. The first-order valence-electron chi connectivity index (χ1n) is 10.2. The van der Waals surface area contributed by atoms with Crippen LogP contribution in [-0.4, -0.2) is 46.7 Å². The highest BCUT2D eigenvalue weighted by atomic mass is 16.5. The molecule has 3 fully saturated rings. The van der Waals surface area contributed by atoms with Gasteiger partial charge in [-0.1, -0.05) is 50.2 Å². The fourth-order valence-corrected chi connectivity index (χ4v) is 5.50. The number of hydrogen-bond donors (Lipinski definition) is 0. The van der Waals surface area contributed by atoms with Gasteiger partial charge in [-0.3, -0.25) is 9.69 Å². The van der Waals surface area contributed by atoms with Crippen LogP contribution in [-0.2, 0) is 16.1 Å². The van der Waals surface area contributed by atoms with E-state index in [1.54, 1.807) is 0 Å². The summed E-state index contributed by atoms with van der Waals surface area (Å²) in [6, 6.07) is 13.4. The summed E-state index contributed by atoms with van der Waals surface area (Å²) in [6.45, 7) is 9.14. The maximum absolute atomic E-state index is 12.9.